The molecule has 3 heterocycles. The molecule has 0 bridgehead atoms. The van der Waals surface area contributed by atoms with E-state index in [4.69, 9.17) is 9.97 Å². The summed E-state index contributed by atoms with van der Waals surface area (Å²) in [6, 6.07) is 13.8. The highest BCUT2D eigenvalue weighted by Gasteiger charge is 2.54. The maximum Gasteiger partial charge on any atom is 0.324 e. The van der Waals surface area contributed by atoms with Gasteiger partial charge in [-0.25, -0.2) is 14.8 Å². The lowest BCUT2D eigenvalue weighted by molar-refractivity contribution is -0.125. The number of likely N-dealkylation sites (N-methyl/N-ethyl adjacent to an activating group) is 1. The van der Waals surface area contributed by atoms with Crippen LogP contribution in [0.1, 0.15) is 11.1 Å². The Morgan fingerprint density at radius 3 is 2.57 bits per heavy atom. The normalized spacial score (nSPS) is 17.2. The summed E-state index contributed by atoms with van der Waals surface area (Å²) in [5, 5.41) is 5.39. The topological polar surface area (TPSA) is 91.0 Å². The van der Waals surface area contributed by atoms with Crippen LogP contribution in [0.25, 0.3) is 33.1 Å². The first-order valence-electron chi connectivity index (χ1n) is 9.66. The number of aromatic amines is 1. The van der Waals surface area contributed by atoms with Crippen molar-refractivity contribution in [2.45, 2.75) is 18.4 Å². The molecule has 1 atom stereocenters. The second kappa shape index (κ2) is 5.99. The molecule has 1 aliphatic carbocycles. The van der Waals surface area contributed by atoms with Crippen molar-refractivity contribution in [3.8, 4) is 22.1 Å². The van der Waals surface area contributed by atoms with Crippen LogP contribution in [-0.2, 0) is 17.6 Å². The Balaban J connectivity index is 1.35. The van der Waals surface area contributed by atoms with Crippen LogP contribution < -0.4 is 5.32 Å². The summed E-state index contributed by atoms with van der Waals surface area (Å²) in [7, 11) is 1.68. The third kappa shape index (κ3) is 2.37. The number of amides is 3. The molecular formula is C22H17N5O2S. The summed E-state index contributed by atoms with van der Waals surface area (Å²) in [4.78, 5) is 38.8. The Hall–Kier alpha value is -3.52. The van der Waals surface area contributed by atoms with Gasteiger partial charge in [0.2, 0.25) is 0 Å². The first-order valence-corrected chi connectivity index (χ1v) is 10.5. The molecule has 2 N–H and O–H groups in total. The standard InChI is InChI=1S/C22H17N5O2S/c1-27-21(29)26-20(28)22(27)9-13-7-15-16(8-14(13)10-22)24-18(23-15)17-11-30-19(25-17)12-5-3-2-4-6-12/h2-8,11H,9-10H2,1H3,(H,23,24)(H,26,28,29). The van der Waals surface area contributed by atoms with Gasteiger partial charge in [-0.2, -0.15) is 0 Å². The molecule has 7 nitrogen and oxygen atoms in total. The van der Waals surface area contributed by atoms with Crippen LogP contribution in [0.15, 0.2) is 47.8 Å². The molecule has 8 heteroatoms. The highest BCUT2D eigenvalue weighted by molar-refractivity contribution is 7.13. The van der Waals surface area contributed by atoms with E-state index in [1.165, 1.54) is 4.90 Å². The predicted molar refractivity (Wildman–Crippen MR) is 114 cm³/mol. The molecule has 0 saturated carbocycles. The minimum absolute atomic E-state index is 0.223. The number of aromatic nitrogens is 3. The lowest BCUT2D eigenvalue weighted by Crippen LogP contribution is -2.48. The van der Waals surface area contributed by atoms with E-state index < -0.39 is 5.54 Å². The summed E-state index contributed by atoms with van der Waals surface area (Å²) in [5.74, 6) is 0.507. The molecule has 30 heavy (non-hydrogen) atoms. The molecule has 4 aromatic rings. The van der Waals surface area contributed by atoms with Crippen LogP contribution in [0.5, 0.6) is 0 Å². The number of fused-ring (bicyclic) bond motifs is 2. The number of imidazole rings is 1. The molecule has 3 amide bonds. The fourth-order valence-corrected chi connectivity index (χ4v) is 5.24. The van der Waals surface area contributed by atoms with Crippen molar-refractivity contribution in [2.24, 2.45) is 0 Å². The lowest BCUT2D eigenvalue weighted by Gasteiger charge is -2.27. The van der Waals surface area contributed by atoms with Gasteiger partial charge in [0.15, 0.2) is 5.82 Å². The number of urea groups is 1. The molecule has 2 aromatic heterocycles. The first kappa shape index (κ1) is 17.3. The van der Waals surface area contributed by atoms with Gasteiger partial charge in [0.1, 0.15) is 16.2 Å². The Kier molecular flexibility index (Phi) is 3.47. The molecule has 1 spiro atoms. The number of H-pyrrole nitrogens is 1. The van der Waals surface area contributed by atoms with E-state index >= 15 is 0 Å². The minimum atomic E-state index is -0.819. The van der Waals surface area contributed by atoms with Crippen molar-refractivity contribution in [3.63, 3.8) is 0 Å². The predicted octanol–water partition coefficient (Wildman–Crippen LogP) is 3.37. The van der Waals surface area contributed by atoms with E-state index in [0.717, 1.165) is 44.2 Å². The molecular weight excluding hydrogens is 398 g/mol. The fraction of sp³-hybridized carbons (Fsp3) is 0.182. The highest BCUT2D eigenvalue weighted by Crippen LogP contribution is 2.39. The van der Waals surface area contributed by atoms with Gasteiger partial charge < -0.3 is 9.88 Å². The van der Waals surface area contributed by atoms with Gasteiger partial charge in [0.05, 0.1) is 11.0 Å². The highest BCUT2D eigenvalue weighted by atomic mass is 32.1. The number of carbonyl (C=O) groups is 2. The van der Waals surface area contributed by atoms with Crippen LogP contribution in [0.3, 0.4) is 0 Å². The van der Waals surface area contributed by atoms with Gasteiger partial charge in [-0.3, -0.25) is 10.1 Å². The van der Waals surface area contributed by atoms with Gasteiger partial charge in [-0.05, 0) is 23.3 Å². The summed E-state index contributed by atoms with van der Waals surface area (Å²) in [6.45, 7) is 0. The minimum Gasteiger partial charge on any atom is -0.337 e. The quantitative estimate of drug-likeness (QED) is 0.491. The molecule has 1 unspecified atom stereocenters. The zero-order chi connectivity index (χ0) is 20.5. The molecule has 1 fully saturated rings. The fourth-order valence-electron chi connectivity index (χ4n) is 4.43. The Bertz CT molecular complexity index is 1300. The monoisotopic (exact) mass is 415 g/mol. The number of nitrogens with zero attached hydrogens (tertiary/aromatic N) is 3. The van der Waals surface area contributed by atoms with E-state index in [0.29, 0.717) is 12.8 Å². The van der Waals surface area contributed by atoms with Crippen molar-refractivity contribution in [3.05, 3.63) is 59.0 Å². The third-order valence-corrected chi connectivity index (χ3v) is 7.02. The summed E-state index contributed by atoms with van der Waals surface area (Å²) in [6.07, 6.45) is 1.01. The van der Waals surface area contributed by atoms with E-state index in [1.807, 2.05) is 47.8 Å². The van der Waals surface area contributed by atoms with Crippen molar-refractivity contribution < 1.29 is 9.59 Å². The maximum absolute atomic E-state index is 12.5. The molecule has 148 valence electrons. The van der Waals surface area contributed by atoms with E-state index in [1.54, 1.807) is 18.4 Å². The number of nitrogens with one attached hydrogen (secondary N) is 2. The lowest BCUT2D eigenvalue weighted by atomic mass is 9.95. The van der Waals surface area contributed by atoms with Crippen molar-refractivity contribution in [1.29, 1.82) is 0 Å². The van der Waals surface area contributed by atoms with Gasteiger partial charge >= 0.3 is 6.03 Å². The second-order valence-electron chi connectivity index (χ2n) is 7.83. The van der Waals surface area contributed by atoms with Crippen LogP contribution in [0.2, 0.25) is 0 Å². The number of rotatable bonds is 2. The Morgan fingerprint density at radius 1 is 1.07 bits per heavy atom. The number of hydrogen-bond donors (Lipinski definition) is 2. The van der Waals surface area contributed by atoms with Crippen molar-refractivity contribution in [1.82, 2.24) is 25.2 Å². The average molecular weight is 415 g/mol. The number of thiazole rings is 1. The molecule has 2 aliphatic rings. The molecule has 2 aromatic carbocycles. The van der Waals surface area contributed by atoms with Gasteiger partial charge in [-0.15, -0.1) is 11.3 Å². The zero-order valence-corrected chi connectivity index (χ0v) is 16.9. The van der Waals surface area contributed by atoms with Gasteiger partial charge in [0, 0.05) is 30.8 Å². The van der Waals surface area contributed by atoms with E-state index in [2.05, 4.69) is 10.3 Å². The Labute approximate surface area is 175 Å². The zero-order valence-electron chi connectivity index (χ0n) is 16.1. The van der Waals surface area contributed by atoms with Crippen LogP contribution >= 0.6 is 11.3 Å². The second-order valence-corrected chi connectivity index (χ2v) is 8.69. The summed E-state index contributed by atoms with van der Waals surface area (Å²) < 4.78 is 0. The average Bonchev–Trinajstić information content (AvgIpc) is 3.50. The smallest absolute Gasteiger partial charge is 0.324 e. The molecule has 1 saturated heterocycles. The Morgan fingerprint density at radius 2 is 1.83 bits per heavy atom. The number of benzene rings is 2. The summed E-state index contributed by atoms with van der Waals surface area (Å²) in [5.41, 5.74) is 4.94. The van der Waals surface area contributed by atoms with Crippen LogP contribution in [0.4, 0.5) is 4.79 Å². The van der Waals surface area contributed by atoms with Crippen LogP contribution in [-0.4, -0.2) is 44.4 Å². The summed E-state index contributed by atoms with van der Waals surface area (Å²) >= 11 is 1.59. The van der Waals surface area contributed by atoms with E-state index in [-0.39, 0.29) is 11.9 Å². The van der Waals surface area contributed by atoms with Gasteiger partial charge in [-0.1, -0.05) is 30.3 Å². The maximum atomic E-state index is 12.5. The SMILES string of the molecule is CN1C(=O)NC(=O)C12Cc1cc3nc(-c4csc(-c5ccccc5)n4)[nH]c3cc1C2. The largest absolute Gasteiger partial charge is 0.337 e. The number of imide groups is 1. The number of carbonyl (C=O) groups excluding carboxylic acids is 2. The third-order valence-electron chi connectivity index (χ3n) is 6.13. The van der Waals surface area contributed by atoms with Crippen LogP contribution in [0, 0.1) is 0 Å². The molecule has 0 radical (unpaired) electrons. The number of hydrogen-bond acceptors (Lipinski definition) is 5. The van der Waals surface area contributed by atoms with Crippen molar-refractivity contribution >= 4 is 34.3 Å². The van der Waals surface area contributed by atoms with E-state index in [9.17, 15) is 9.59 Å². The molecule has 1 aliphatic heterocycles. The van der Waals surface area contributed by atoms with Crippen molar-refractivity contribution in [2.75, 3.05) is 7.05 Å². The first-order chi connectivity index (χ1) is 14.5. The molecule has 6 rings (SSSR count). The van der Waals surface area contributed by atoms with Gasteiger partial charge in [0.25, 0.3) is 5.91 Å².